The molecule has 1 aromatic rings. The van der Waals surface area contributed by atoms with Crippen LogP contribution in [0.1, 0.15) is 18.4 Å². The first-order valence-corrected chi connectivity index (χ1v) is 9.29. The number of likely N-dealkylation sites (tertiary alicyclic amines) is 1. The zero-order chi connectivity index (χ0) is 19.2. The van der Waals surface area contributed by atoms with Gasteiger partial charge < -0.3 is 19.4 Å². The summed E-state index contributed by atoms with van der Waals surface area (Å²) in [5.41, 5.74) is 0.553. The highest BCUT2D eigenvalue weighted by Gasteiger charge is 2.34. The van der Waals surface area contributed by atoms with Gasteiger partial charge in [-0.25, -0.2) is 4.98 Å². The van der Waals surface area contributed by atoms with Gasteiger partial charge in [-0.05, 0) is 18.6 Å². The number of nitriles is 1. The summed E-state index contributed by atoms with van der Waals surface area (Å²) in [4.78, 5) is 34.9. The summed E-state index contributed by atoms with van der Waals surface area (Å²) in [6, 6.07) is 5.68. The highest BCUT2D eigenvalue weighted by molar-refractivity contribution is 5.84. The monoisotopic (exact) mass is 371 g/mol. The second-order valence-corrected chi connectivity index (χ2v) is 6.87. The average Bonchev–Trinajstić information content (AvgIpc) is 2.72. The van der Waals surface area contributed by atoms with Gasteiger partial charge in [-0.2, -0.15) is 5.26 Å². The van der Waals surface area contributed by atoms with Crippen LogP contribution in [0, 0.1) is 17.2 Å². The lowest BCUT2D eigenvalue weighted by Gasteiger charge is -2.39. The van der Waals surface area contributed by atoms with Crippen LogP contribution in [-0.2, 0) is 14.3 Å². The van der Waals surface area contributed by atoms with Gasteiger partial charge in [0.2, 0.25) is 11.8 Å². The quantitative estimate of drug-likeness (QED) is 0.748. The molecule has 0 radical (unpaired) electrons. The molecule has 2 saturated heterocycles. The third-order valence-corrected chi connectivity index (χ3v) is 5.21. The molecule has 0 spiro atoms. The number of piperazine rings is 1. The number of aromatic nitrogens is 1. The first kappa shape index (κ1) is 19.1. The van der Waals surface area contributed by atoms with Crippen LogP contribution in [0.3, 0.4) is 0 Å². The average molecular weight is 371 g/mol. The largest absolute Gasteiger partial charge is 0.383 e. The Labute approximate surface area is 159 Å². The molecule has 0 aromatic carbocycles. The van der Waals surface area contributed by atoms with E-state index in [1.165, 1.54) is 0 Å². The first-order valence-electron chi connectivity index (χ1n) is 9.29. The van der Waals surface area contributed by atoms with Crippen molar-refractivity contribution in [2.24, 2.45) is 5.92 Å². The van der Waals surface area contributed by atoms with E-state index in [9.17, 15) is 14.9 Å². The van der Waals surface area contributed by atoms with Crippen LogP contribution >= 0.6 is 0 Å². The number of carbonyl (C=O) groups excluding carboxylic acids is 2. The Morgan fingerprint density at radius 1 is 1.37 bits per heavy atom. The fraction of sp³-hybridized carbons (Fsp3) is 0.579. The lowest BCUT2D eigenvalue weighted by Crippen LogP contribution is -2.53. The standard InChI is InChI=1S/C19H25N5O3/c1-27-12-11-24-14-16(4-5-17(24)25)19(26)23-9-7-22(8-10-23)18-15(13-20)3-2-6-21-18/h2-3,6,16H,4-5,7-12,14H2,1H3. The molecule has 2 amide bonds. The molecule has 8 heteroatoms. The van der Waals surface area contributed by atoms with Crippen LogP contribution in [0.15, 0.2) is 18.3 Å². The van der Waals surface area contributed by atoms with E-state index in [2.05, 4.69) is 16.0 Å². The minimum absolute atomic E-state index is 0.0973. The molecular formula is C19H25N5O3. The molecular weight excluding hydrogens is 346 g/mol. The number of pyridine rings is 1. The van der Waals surface area contributed by atoms with Gasteiger partial charge in [0.05, 0.1) is 18.1 Å². The highest BCUT2D eigenvalue weighted by atomic mass is 16.5. The van der Waals surface area contributed by atoms with Crippen molar-refractivity contribution in [3.05, 3.63) is 23.9 Å². The van der Waals surface area contributed by atoms with Crippen LogP contribution in [0.25, 0.3) is 0 Å². The number of rotatable bonds is 5. The molecule has 0 aliphatic carbocycles. The predicted molar refractivity (Wildman–Crippen MR) is 98.9 cm³/mol. The van der Waals surface area contributed by atoms with E-state index in [-0.39, 0.29) is 17.7 Å². The molecule has 1 unspecified atom stereocenters. The van der Waals surface area contributed by atoms with Gasteiger partial charge in [-0.3, -0.25) is 9.59 Å². The van der Waals surface area contributed by atoms with Gasteiger partial charge >= 0.3 is 0 Å². The molecule has 3 heterocycles. The fourth-order valence-electron chi connectivity index (χ4n) is 3.67. The molecule has 8 nitrogen and oxygen atoms in total. The van der Waals surface area contributed by atoms with Gasteiger partial charge in [-0.15, -0.1) is 0 Å². The first-order chi connectivity index (χ1) is 13.1. The zero-order valence-electron chi connectivity index (χ0n) is 15.6. The molecule has 144 valence electrons. The van der Waals surface area contributed by atoms with Gasteiger partial charge in [0.25, 0.3) is 0 Å². The minimum atomic E-state index is -0.143. The molecule has 0 bridgehead atoms. The smallest absolute Gasteiger partial charge is 0.227 e. The van der Waals surface area contributed by atoms with Crippen molar-refractivity contribution in [1.29, 1.82) is 5.26 Å². The summed E-state index contributed by atoms with van der Waals surface area (Å²) in [5, 5.41) is 9.25. The predicted octanol–water partition coefficient (Wildman–Crippen LogP) is 0.487. The molecule has 2 aliphatic heterocycles. The van der Waals surface area contributed by atoms with Gasteiger partial charge in [-0.1, -0.05) is 0 Å². The third-order valence-electron chi connectivity index (χ3n) is 5.21. The van der Waals surface area contributed by atoms with Crippen molar-refractivity contribution in [3.8, 4) is 6.07 Å². The van der Waals surface area contributed by atoms with Crippen molar-refractivity contribution >= 4 is 17.6 Å². The second-order valence-electron chi connectivity index (χ2n) is 6.87. The van der Waals surface area contributed by atoms with E-state index in [4.69, 9.17) is 4.74 Å². The number of carbonyl (C=O) groups is 2. The summed E-state index contributed by atoms with van der Waals surface area (Å²) in [6.07, 6.45) is 2.71. The number of ether oxygens (including phenoxy) is 1. The molecule has 0 saturated carbocycles. The SMILES string of the molecule is COCCN1CC(C(=O)N2CCN(c3ncccc3C#N)CC2)CCC1=O. The second kappa shape index (κ2) is 8.82. The Kier molecular flexibility index (Phi) is 6.24. The number of hydrogen-bond donors (Lipinski definition) is 0. The van der Waals surface area contributed by atoms with Crippen molar-refractivity contribution < 1.29 is 14.3 Å². The Morgan fingerprint density at radius 2 is 2.15 bits per heavy atom. The summed E-state index contributed by atoms with van der Waals surface area (Å²) in [6.45, 7) is 3.98. The Balaban J connectivity index is 1.57. The van der Waals surface area contributed by atoms with Crippen LogP contribution in [0.2, 0.25) is 0 Å². The van der Waals surface area contributed by atoms with E-state index >= 15 is 0 Å². The summed E-state index contributed by atoms with van der Waals surface area (Å²) in [5.74, 6) is 0.753. The van der Waals surface area contributed by atoms with Gasteiger partial charge in [0.15, 0.2) is 0 Å². The van der Waals surface area contributed by atoms with Crippen molar-refractivity contribution in [1.82, 2.24) is 14.8 Å². The van der Waals surface area contributed by atoms with Crippen molar-refractivity contribution in [2.45, 2.75) is 12.8 Å². The maximum absolute atomic E-state index is 12.9. The third kappa shape index (κ3) is 4.37. The van der Waals surface area contributed by atoms with E-state index in [0.717, 1.165) is 0 Å². The van der Waals surface area contributed by atoms with Crippen LogP contribution in [0.4, 0.5) is 5.82 Å². The maximum atomic E-state index is 12.9. The lowest BCUT2D eigenvalue weighted by molar-refractivity contribution is -0.143. The summed E-state index contributed by atoms with van der Waals surface area (Å²) >= 11 is 0. The Hall–Kier alpha value is -2.66. The molecule has 2 aliphatic rings. The summed E-state index contributed by atoms with van der Waals surface area (Å²) < 4.78 is 5.05. The number of amides is 2. The Morgan fingerprint density at radius 3 is 2.85 bits per heavy atom. The minimum Gasteiger partial charge on any atom is -0.383 e. The number of piperidine rings is 1. The van der Waals surface area contributed by atoms with E-state index < -0.39 is 0 Å². The van der Waals surface area contributed by atoms with Crippen molar-refractivity contribution in [3.63, 3.8) is 0 Å². The van der Waals surface area contributed by atoms with E-state index in [1.807, 2.05) is 4.90 Å². The molecule has 27 heavy (non-hydrogen) atoms. The topological polar surface area (TPSA) is 89.8 Å². The van der Waals surface area contributed by atoms with Crippen LogP contribution < -0.4 is 4.90 Å². The zero-order valence-corrected chi connectivity index (χ0v) is 15.6. The highest BCUT2D eigenvalue weighted by Crippen LogP contribution is 2.22. The van der Waals surface area contributed by atoms with E-state index in [1.54, 1.807) is 30.3 Å². The normalized spacial score (nSPS) is 20.5. The molecule has 0 N–H and O–H groups in total. The fourth-order valence-corrected chi connectivity index (χ4v) is 3.67. The Bertz CT molecular complexity index is 724. The lowest BCUT2D eigenvalue weighted by atomic mass is 9.95. The van der Waals surface area contributed by atoms with Gasteiger partial charge in [0.1, 0.15) is 11.9 Å². The number of hydrogen-bond acceptors (Lipinski definition) is 6. The van der Waals surface area contributed by atoms with E-state index in [0.29, 0.717) is 70.1 Å². The number of anilines is 1. The maximum Gasteiger partial charge on any atom is 0.227 e. The number of nitrogens with zero attached hydrogens (tertiary/aromatic N) is 5. The molecule has 1 aromatic heterocycles. The van der Waals surface area contributed by atoms with Crippen molar-refractivity contribution in [2.75, 3.05) is 57.9 Å². The van der Waals surface area contributed by atoms with Crippen LogP contribution in [0.5, 0.6) is 0 Å². The summed E-state index contributed by atoms with van der Waals surface area (Å²) in [7, 11) is 1.61. The van der Waals surface area contributed by atoms with Gasteiger partial charge in [0, 0.05) is 59.0 Å². The molecule has 2 fully saturated rings. The molecule has 1 atom stereocenters. The number of methoxy groups -OCH3 is 1. The van der Waals surface area contributed by atoms with Crippen LogP contribution in [-0.4, -0.2) is 79.6 Å². The molecule has 3 rings (SSSR count).